The molecule has 1 atom stereocenters. The molecule has 0 aliphatic carbocycles. The highest BCUT2D eigenvalue weighted by Gasteiger charge is 2.16. The van der Waals surface area contributed by atoms with Gasteiger partial charge in [-0.3, -0.25) is 4.68 Å². The maximum Gasteiger partial charge on any atom is 0.0735 e. The molecule has 0 radical (unpaired) electrons. The number of benzene rings is 1. The lowest BCUT2D eigenvalue weighted by Gasteiger charge is -2.14. The van der Waals surface area contributed by atoms with Crippen LogP contribution in [0.25, 0.3) is 0 Å². The van der Waals surface area contributed by atoms with Gasteiger partial charge in [0.25, 0.3) is 0 Å². The third-order valence-electron chi connectivity index (χ3n) is 2.78. The van der Waals surface area contributed by atoms with Gasteiger partial charge in [0, 0.05) is 11.9 Å². The van der Waals surface area contributed by atoms with E-state index in [4.69, 9.17) is 5.73 Å². The third-order valence-corrected chi connectivity index (χ3v) is 4.29. The normalized spacial score (nSPS) is 12.7. The summed E-state index contributed by atoms with van der Waals surface area (Å²) in [5.74, 6) is 1.08. The quantitative estimate of drug-likeness (QED) is 0.877. The largest absolute Gasteiger partial charge is 0.319 e. The molecule has 0 saturated carbocycles. The standard InChI is InChI=1S/C13H16BrN3S/c1-3-18-10-6-4-9(5-7-10)12(15)13-11(14)8-16-17(13)2/h4-8,12H,3,15H2,1-2H3. The van der Waals surface area contributed by atoms with Crippen molar-refractivity contribution in [2.75, 3.05) is 5.75 Å². The molecule has 1 heterocycles. The van der Waals surface area contributed by atoms with Crippen molar-refractivity contribution >= 4 is 27.7 Å². The first-order valence-corrected chi connectivity index (χ1v) is 7.57. The Labute approximate surface area is 120 Å². The molecule has 0 saturated heterocycles. The van der Waals surface area contributed by atoms with Crippen LogP contribution in [0.2, 0.25) is 0 Å². The minimum absolute atomic E-state index is 0.160. The van der Waals surface area contributed by atoms with Crippen molar-refractivity contribution < 1.29 is 0 Å². The molecule has 1 unspecified atom stereocenters. The molecule has 0 fully saturated rings. The molecule has 0 spiro atoms. The molecule has 0 amide bonds. The number of hydrogen-bond acceptors (Lipinski definition) is 3. The molecule has 2 rings (SSSR count). The van der Waals surface area contributed by atoms with Crippen LogP contribution in [0.1, 0.15) is 24.2 Å². The third kappa shape index (κ3) is 2.79. The summed E-state index contributed by atoms with van der Waals surface area (Å²) in [6, 6.07) is 8.25. The van der Waals surface area contributed by atoms with Gasteiger partial charge in [0.05, 0.1) is 22.4 Å². The Hall–Kier alpha value is -0.780. The Morgan fingerprint density at radius 3 is 2.56 bits per heavy atom. The van der Waals surface area contributed by atoms with Crippen LogP contribution in [0.15, 0.2) is 39.8 Å². The van der Waals surface area contributed by atoms with Gasteiger partial charge < -0.3 is 5.73 Å². The minimum atomic E-state index is -0.160. The number of halogens is 1. The van der Waals surface area contributed by atoms with Gasteiger partial charge in [-0.25, -0.2) is 0 Å². The average molecular weight is 326 g/mol. The van der Waals surface area contributed by atoms with Crippen LogP contribution in [0.3, 0.4) is 0 Å². The number of aromatic nitrogens is 2. The van der Waals surface area contributed by atoms with Crippen LogP contribution in [0.4, 0.5) is 0 Å². The predicted molar refractivity (Wildman–Crippen MR) is 79.8 cm³/mol. The molecular weight excluding hydrogens is 310 g/mol. The van der Waals surface area contributed by atoms with Crippen molar-refractivity contribution in [3.63, 3.8) is 0 Å². The molecule has 18 heavy (non-hydrogen) atoms. The fourth-order valence-electron chi connectivity index (χ4n) is 1.87. The van der Waals surface area contributed by atoms with Crippen molar-refractivity contribution in [1.82, 2.24) is 9.78 Å². The van der Waals surface area contributed by atoms with E-state index in [1.807, 2.05) is 23.5 Å². The molecule has 3 nitrogen and oxygen atoms in total. The summed E-state index contributed by atoms with van der Waals surface area (Å²) in [4.78, 5) is 1.28. The molecular formula is C13H16BrN3S. The monoisotopic (exact) mass is 325 g/mol. The van der Waals surface area contributed by atoms with E-state index < -0.39 is 0 Å². The second-order valence-electron chi connectivity index (χ2n) is 3.98. The van der Waals surface area contributed by atoms with E-state index in [0.29, 0.717) is 0 Å². The van der Waals surface area contributed by atoms with Gasteiger partial charge in [0.15, 0.2) is 0 Å². The second kappa shape index (κ2) is 5.91. The van der Waals surface area contributed by atoms with E-state index in [1.54, 1.807) is 6.20 Å². The SMILES string of the molecule is CCSc1ccc(C(N)c2c(Br)cnn2C)cc1. The first-order valence-electron chi connectivity index (χ1n) is 5.79. The average Bonchev–Trinajstić information content (AvgIpc) is 2.70. The van der Waals surface area contributed by atoms with Crippen molar-refractivity contribution in [1.29, 1.82) is 0 Å². The van der Waals surface area contributed by atoms with E-state index in [-0.39, 0.29) is 6.04 Å². The summed E-state index contributed by atoms with van der Waals surface area (Å²) in [7, 11) is 1.90. The van der Waals surface area contributed by atoms with E-state index in [2.05, 4.69) is 52.2 Å². The van der Waals surface area contributed by atoms with E-state index in [9.17, 15) is 0 Å². The van der Waals surface area contributed by atoms with Crippen LogP contribution in [-0.2, 0) is 7.05 Å². The zero-order valence-electron chi connectivity index (χ0n) is 10.4. The van der Waals surface area contributed by atoms with Gasteiger partial charge in [-0.05, 0) is 39.4 Å². The number of nitrogens with zero attached hydrogens (tertiary/aromatic N) is 2. The number of aryl methyl sites for hydroxylation is 1. The van der Waals surface area contributed by atoms with E-state index in [0.717, 1.165) is 21.5 Å². The molecule has 1 aromatic heterocycles. The summed E-state index contributed by atoms with van der Waals surface area (Å²) < 4.78 is 2.76. The summed E-state index contributed by atoms with van der Waals surface area (Å²) in [5, 5.41) is 4.20. The summed E-state index contributed by atoms with van der Waals surface area (Å²) >= 11 is 5.32. The number of rotatable bonds is 4. The lowest BCUT2D eigenvalue weighted by molar-refractivity contribution is 0.671. The molecule has 2 aromatic rings. The number of hydrogen-bond donors (Lipinski definition) is 1. The summed E-state index contributed by atoms with van der Waals surface area (Å²) in [6.07, 6.45) is 1.77. The van der Waals surface area contributed by atoms with Crippen LogP contribution in [0, 0.1) is 0 Å². The molecule has 2 N–H and O–H groups in total. The highest BCUT2D eigenvalue weighted by molar-refractivity contribution is 9.10. The van der Waals surface area contributed by atoms with E-state index >= 15 is 0 Å². The van der Waals surface area contributed by atoms with Crippen molar-refractivity contribution in [2.45, 2.75) is 17.9 Å². The predicted octanol–water partition coefficient (Wildman–Crippen LogP) is 3.34. The van der Waals surface area contributed by atoms with Crippen LogP contribution < -0.4 is 5.73 Å². The molecule has 5 heteroatoms. The van der Waals surface area contributed by atoms with Crippen molar-refractivity contribution in [2.24, 2.45) is 12.8 Å². The van der Waals surface area contributed by atoms with Gasteiger partial charge in [0.2, 0.25) is 0 Å². The van der Waals surface area contributed by atoms with Crippen molar-refractivity contribution in [3.8, 4) is 0 Å². The topological polar surface area (TPSA) is 43.8 Å². The highest BCUT2D eigenvalue weighted by Crippen LogP contribution is 2.27. The Morgan fingerprint density at radius 2 is 2.06 bits per heavy atom. The lowest BCUT2D eigenvalue weighted by Crippen LogP contribution is -2.16. The van der Waals surface area contributed by atoms with Gasteiger partial charge in [-0.15, -0.1) is 11.8 Å². The van der Waals surface area contributed by atoms with Gasteiger partial charge in [-0.1, -0.05) is 19.1 Å². The zero-order chi connectivity index (χ0) is 13.1. The van der Waals surface area contributed by atoms with Gasteiger partial charge >= 0.3 is 0 Å². The minimum Gasteiger partial charge on any atom is -0.319 e. The lowest BCUT2D eigenvalue weighted by atomic mass is 10.1. The van der Waals surface area contributed by atoms with Crippen LogP contribution in [-0.4, -0.2) is 15.5 Å². The van der Waals surface area contributed by atoms with Gasteiger partial charge in [0.1, 0.15) is 0 Å². The smallest absolute Gasteiger partial charge is 0.0735 e. The Bertz CT molecular complexity index is 502. The van der Waals surface area contributed by atoms with E-state index in [1.165, 1.54) is 4.90 Å². The van der Waals surface area contributed by atoms with Gasteiger partial charge in [-0.2, -0.15) is 5.10 Å². The maximum absolute atomic E-state index is 6.29. The molecule has 1 aromatic carbocycles. The summed E-state index contributed by atoms with van der Waals surface area (Å²) in [5.41, 5.74) is 8.38. The maximum atomic E-state index is 6.29. The van der Waals surface area contributed by atoms with Crippen LogP contribution >= 0.6 is 27.7 Å². The highest BCUT2D eigenvalue weighted by atomic mass is 79.9. The number of nitrogens with two attached hydrogens (primary N) is 1. The fourth-order valence-corrected chi connectivity index (χ4v) is 3.12. The Morgan fingerprint density at radius 1 is 1.39 bits per heavy atom. The molecule has 96 valence electrons. The first-order chi connectivity index (χ1) is 8.63. The van der Waals surface area contributed by atoms with Crippen LogP contribution in [0.5, 0.6) is 0 Å². The fraction of sp³-hybridized carbons (Fsp3) is 0.308. The summed E-state index contributed by atoms with van der Waals surface area (Å²) in [6.45, 7) is 2.15. The zero-order valence-corrected chi connectivity index (χ0v) is 12.8. The Kier molecular flexibility index (Phi) is 4.48. The van der Waals surface area contributed by atoms with Crippen molar-refractivity contribution in [3.05, 3.63) is 46.2 Å². The first kappa shape index (κ1) is 13.6. The second-order valence-corrected chi connectivity index (χ2v) is 6.17. The molecule has 0 aliphatic heterocycles. The molecule has 0 aliphatic rings. The molecule has 0 bridgehead atoms. The number of thioether (sulfide) groups is 1. The Balaban J connectivity index is 2.26.